The Kier molecular flexibility index (Phi) is 13.0. The molecule has 0 spiro atoms. The number of carbonyl (C=O) groups excluding carboxylic acids is 4. The van der Waals surface area contributed by atoms with Crippen molar-refractivity contribution in [2.45, 2.75) is 63.2 Å². The van der Waals surface area contributed by atoms with Gasteiger partial charge in [0, 0.05) is 24.7 Å². The van der Waals surface area contributed by atoms with E-state index < -0.39 is 0 Å². The molecule has 0 saturated carbocycles. The van der Waals surface area contributed by atoms with Crippen LogP contribution < -0.4 is 31.9 Å². The fourth-order valence-corrected chi connectivity index (χ4v) is 5.80. The second-order valence-corrected chi connectivity index (χ2v) is 11.7. The number of rotatable bonds is 13. The van der Waals surface area contributed by atoms with E-state index in [1.807, 2.05) is 30.3 Å². The van der Waals surface area contributed by atoms with Crippen LogP contribution in [-0.2, 0) is 25.7 Å². The molecule has 3 aliphatic rings. The molecule has 12 heteroatoms. The molecule has 0 radical (unpaired) electrons. The highest BCUT2D eigenvalue weighted by atomic mass is 16.2. The van der Waals surface area contributed by atoms with Gasteiger partial charge in [0.1, 0.15) is 13.1 Å². The first-order valence-electron chi connectivity index (χ1n) is 15.5. The van der Waals surface area contributed by atoms with Gasteiger partial charge in [0.2, 0.25) is 23.6 Å². The first kappa shape index (κ1) is 31.9. The predicted octanol–water partition coefficient (Wildman–Crippen LogP) is -1.08. The normalized spacial score (nSPS) is 18.8. The van der Waals surface area contributed by atoms with Crippen molar-refractivity contribution >= 4 is 23.6 Å². The summed E-state index contributed by atoms with van der Waals surface area (Å²) < 4.78 is 0. The number of piperidine rings is 3. The van der Waals surface area contributed by atoms with Gasteiger partial charge in [-0.3, -0.25) is 24.1 Å². The van der Waals surface area contributed by atoms with E-state index in [-0.39, 0.29) is 67.9 Å². The van der Waals surface area contributed by atoms with Crippen molar-refractivity contribution in [3.8, 4) is 0 Å². The highest BCUT2D eigenvalue weighted by molar-refractivity contribution is 5.90. The third-order valence-corrected chi connectivity index (χ3v) is 8.11. The van der Waals surface area contributed by atoms with Gasteiger partial charge in [-0.05, 0) is 83.4 Å². The molecular weight excluding hydrogens is 536 g/mol. The number of hydrogen-bond acceptors (Lipinski definition) is 8. The summed E-state index contributed by atoms with van der Waals surface area (Å²) in [7, 11) is 0. The highest BCUT2D eigenvalue weighted by Crippen LogP contribution is 2.08. The Hall–Kier alpha value is -3.06. The lowest BCUT2D eigenvalue weighted by Gasteiger charge is -2.30. The van der Waals surface area contributed by atoms with E-state index in [0.29, 0.717) is 6.54 Å². The Morgan fingerprint density at radius 2 is 1.00 bits per heavy atom. The molecule has 0 aromatic heterocycles. The molecule has 0 aliphatic carbocycles. The van der Waals surface area contributed by atoms with Gasteiger partial charge in [0.15, 0.2) is 0 Å². The van der Waals surface area contributed by atoms with E-state index in [1.165, 1.54) is 4.90 Å². The lowest BCUT2D eigenvalue weighted by Crippen LogP contribution is -2.53. The number of nitrogens with one attached hydrogen (secondary N) is 6. The molecule has 1 aromatic carbocycles. The van der Waals surface area contributed by atoms with Gasteiger partial charge < -0.3 is 36.8 Å². The summed E-state index contributed by atoms with van der Waals surface area (Å²) in [5, 5.41) is 19.0. The molecule has 1 aromatic rings. The molecule has 3 saturated heterocycles. The molecule has 3 aliphatic heterocycles. The molecule has 0 bridgehead atoms. The molecule has 12 nitrogen and oxygen atoms in total. The summed E-state index contributed by atoms with van der Waals surface area (Å²) in [6.07, 6.45) is 5.05. The number of amides is 4. The molecule has 3 heterocycles. The van der Waals surface area contributed by atoms with Crippen LogP contribution in [0.5, 0.6) is 0 Å². The van der Waals surface area contributed by atoms with Crippen LogP contribution in [0.4, 0.5) is 0 Å². The Balaban J connectivity index is 1.41. The summed E-state index contributed by atoms with van der Waals surface area (Å²) in [5.74, 6) is -1.04. The Morgan fingerprint density at radius 3 is 1.43 bits per heavy atom. The van der Waals surface area contributed by atoms with Crippen molar-refractivity contribution in [2.75, 3.05) is 65.4 Å². The Bertz CT molecular complexity index is 974. The van der Waals surface area contributed by atoms with Crippen molar-refractivity contribution in [3.63, 3.8) is 0 Å². The fourth-order valence-electron chi connectivity index (χ4n) is 5.80. The third kappa shape index (κ3) is 11.3. The summed E-state index contributed by atoms with van der Waals surface area (Å²) in [6.45, 7) is 5.00. The minimum atomic E-state index is -0.360. The van der Waals surface area contributed by atoms with Crippen molar-refractivity contribution < 1.29 is 19.2 Å². The molecule has 0 atom stereocenters. The molecule has 232 valence electrons. The zero-order valence-electron chi connectivity index (χ0n) is 24.7. The molecular formula is C30H48N8O4. The van der Waals surface area contributed by atoms with Crippen LogP contribution in [0.2, 0.25) is 0 Å². The number of nitrogens with zero attached hydrogens (tertiary/aromatic N) is 2. The maximum Gasteiger partial charge on any atom is 0.239 e. The SMILES string of the molecule is O=C(CN(CC(=O)N(CC(=O)NC1CCNCC1)CC(=O)NC1CCNCC1)Cc1ccccc1)NC1CCNCC1. The highest BCUT2D eigenvalue weighted by Gasteiger charge is 2.27. The summed E-state index contributed by atoms with van der Waals surface area (Å²) in [4.78, 5) is 55.9. The van der Waals surface area contributed by atoms with Crippen LogP contribution in [-0.4, -0.2) is 117 Å². The average molecular weight is 585 g/mol. The van der Waals surface area contributed by atoms with Crippen molar-refractivity contribution in [3.05, 3.63) is 35.9 Å². The minimum absolute atomic E-state index is 0.0426. The minimum Gasteiger partial charge on any atom is -0.352 e. The summed E-state index contributed by atoms with van der Waals surface area (Å²) >= 11 is 0. The summed E-state index contributed by atoms with van der Waals surface area (Å²) in [6, 6.07) is 9.89. The monoisotopic (exact) mass is 584 g/mol. The van der Waals surface area contributed by atoms with Crippen LogP contribution in [0.1, 0.15) is 44.1 Å². The first-order valence-corrected chi connectivity index (χ1v) is 15.5. The van der Waals surface area contributed by atoms with Gasteiger partial charge in [-0.1, -0.05) is 30.3 Å². The zero-order chi connectivity index (χ0) is 29.6. The van der Waals surface area contributed by atoms with Gasteiger partial charge >= 0.3 is 0 Å². The van der Waals surface area contributed by atoms with Gasteiger partial charge in [-0.15, -0.1) is 0 Å². The van der Waals surface area contributed by atoms with Gasteiger partial charge in [-0.2, -0.15) is 0 Å². The van der Waals surface area contributed by atoms with E-state index in [2.05, 4.69) is 31.9 Å². The second-order valence-electron chi connectivity index (χ2n) is 11.7. The number of carbonyl (C=O) groups is 4. The van der Waals surface area contributed by atoms with E-state index in [9.17, 15) is 19.2 Å². The van der Waals surface area contributed by atoms with Crippen LogP contribution in [0.25, 0.3) is 0 Å². The smallest absolute Gasteiger partial charge is 0.239 e. The molecule has 4 rings (SSSR count). The lowest BCUT2D eigenvalue weighted by molar-refractivity contribution is -0.141. The fraction of sp³-hybridized carbons (Fsp3) is 0.667. The van der Waals surface area contributed by atoms with E-state index in [4.69, 9.17) is 0 Å². The van der Waals surface area contributed by atoms with E-state index in [0.717, 1.165) is 83.4 Å². The maximum absolute atomic E-state index is 13.7. The topological polar surface area (TPSA) is 147 Å². The van der Waals surface area contributed by atoms with Crippen LogP contribution in [0.15, 0.2) is 30.3 Å². The van der Waals surface area contributed by atoms with Gasteiger partial charge in [0.25, 0.3) is 0 Å². The lowest BCUT2D eigenvalue weighted by atomic mass is 10.1. The van der Waals surface area contributed by atoms with Crippen LogP contribution in [0, 0.1) is 0 Å². The largest absolute Gasteiger partial charge is 0.352 e. The maximum atomic E-state index is 13.7. The van der Waals surface area contributed by atoms with Gasteiger partial charge in [0.05, 0.1) is 13.1 Å². The average Bonchev–Trinajstić information content (AvgIpc) is 2.98. The standard InChI is InChI=1S/C30H48N8O4/c39-27(34-24-6-12-31-13-7-24)19-37(18-23-4-2-1-3-5-23)22-30(42)38(20-28(40)35-25-8-14-32-15-9-25)21-29(41)36-26-10-16-33-17-11-26/h1-5,24-26,31-33H,6-22H2,(H,34,39)(H,35,40)(H,36,41). The van der Waals surface area contributed by atoms with Crippen LogP contribution >= 0.6 is 0 Å². The predicted molar refractivity (Wildman–Crippen MR) is 160 cm³/mol. The zero-order valence-corrected chi connectivity index (χ0v) is 24.7. The Labute approximate surface area is 249 Å². The second kappa shape index (κ2) is 17.2. The van der Waals surface area contributed by atoms with Crippen molar-refractivity contribution in [2.24, 2.45) is 0 Å². The quantitative estimate of drug-likeness (QED) is 0.172. The molecule has 0 unspecified atom stereocenters. The third-order valence-electron chi connectivity index (χ3n) is 8.11. The van der Waals surface area contributed by atoms with Crippen molar-refractivity contribution in [1.29, 1.82) is 0 Å². The van der Waals surface area contributed by atoms with E-state index in [1.54, 1.807) is 4.90 Å². The molecule has 3 fully saturated rings. The van der Waals surface area contributed by atoms with Crippen LogP contribution in [0.3, 0.4) is 0 Å². The number of hydrogen-bond donors (Lipinski definition) is 6. The summed E-state index contributed by atoms with van der Waals surface area (Å²) in [5.41, 5.74) is 0.971. The molecule has 6 N–H and O–H groups in total. The molecule has 4 amide bonds. The van der Waals surface area contributed by atoms with Gasteiger partial charge in [-0.25, -0.2) is 0 Å². The number of benzene rings is 1. The van der Waals surface area contributed by atoms with Crippen molar-refractivity contribution in [1.82, 2.24) is 41.7 Å². The first-order chi connectivity index (χ1) is 20.4. The van der Waals surface area contributed by atoms with E-state index >= 15 is 0 Å². The Morgan fingerprint density at radius 1 is 0.595 bits per heavy atom. The molecule has 42 heavy (non-hydrogen) atoms.